The first-order chi connectivity index (χ1) is 12.6. The fourth-order valence-electron chi connectivity index (χ4n) is 2.25. The molecule has 0 unspecified atom stereocenters. The molecule has 0 amide bonds. The molecule has 0 bridgehead atoms. The predicted molar refractivity (Wildman–Crippen MR) is 101 cm³/mol. The van der Waals surface area contributed by atoms with Crippen LogP contribution in [-0.4, -0.2) is 32.1 Å². The van der Waals surface area contributed by atoms with Gasteiger partial charge < -0.3 is 14.4 Å². The average Bonchev–Trinajstić information content (AvgIpc) is 2.65. The SMILES string of the molecule is CO/N=C(/C(=O)OC)c1cccc(C)c1CO/N=C/c1ccc(Cl)cc1. The summed E-state index contributed by atoms with van der Waals surface area (Å²) in [6.45, 7) is 2.07. The number of carbonyl (C=O) groups excluding carboxylic acids is 1. The van der Waals surface area contributed by atoms with Gasteiger partial charge in [0.2, 0.25) is 0 Å². The molecule has 2 rings (SSSR count). The van der Waals surface area contributed by atoms with E-state index < -0.39 is 5.97 Å². The van der Waals surface area contributed by atoms with Crippen LogP contribution in [-0.2, 0) is 25.8 Å². The summed E-state index contributed by atoms with van der Waals surface area (Å²) in [4.78, 5) is 22.2. The number of esters is 1. The predicted octanol–water partition coefficient (Wildman–Crippen LogP) is 3.72. The lowest BCUT2D eigenvalue weighted by Gasteiger charge is -2.12. The van der Waals surface area contributed by atoms with Gasteiger partial charge in [0.25, 0.3) is 0 Å². The molecule has 2 aromatic carbocycles. The Morgan fingerprint density at radius 1 is 1.15 bits per heavy atom. The van der Waals surface area contributed by atoms with Gasteiger partial charge in [-0.15, -0.1) is 0 Å². The van der Waals surface area contributed by atoms with Crippen molar-refractivity contribution >= 4 is 29.5 Å². The van der Waals surface area contributed by atoms with Gasteiger partial charge in [0.15, 0.2) is 5.71 Å². The van der Waals surface area contributed by atoms with Gasteiger partial charge in [-0.25, -0.2) is 4.79 Å². The number of aryl methyl sites for hydroxylation is 1. The van der Waals surface area contributed by atoms with Gasteiger partial charge in [-0.05, 0) is 30.2 Å². The molecule has 0 N–H and O–H groups in total. The van der Waals surface area contributed by atoms with Crippen LogP contribution in [0.5, 0.6) is 0 Å². The van der Waals surface area contributed by atoms with Gasteiger partial charge in [0.1, 0.15) is 13.7 Å². The van der Waals surface area contributed by atoms with Crippen molar-refractivity contribution in [3.05, 3.63) is 69.7 Å². The Morgan fingerprint density at radius 3 is 2.54 bits per heavy atom. The van der Waals surface area contributed by atoms with Crippen molar-refractivity contribution in [3.63, 3.8) is 0 Å². The average molecular weight is 375 g/mol. The third-order valence-electron chi connectivity index (χ3n) is 3.58. The Hall–Kier alpha value is -2.86. The zero-order chi connectivity index (χ0) is 18.9. The highest BCUT2D eigenvalue weighted by Gasteiger charge is 2.20. The number of oxime groups is 2. The molecule has 0 aromatic heterocycles. The molecule has 0 saturated heterocycles. The lowest BCUT2D eigenvalue weighted by Crippen LogP contribution is -2.20. The maximum atomic E-state index is 12.0. The molecule has 0 aliphatic carbocycles. The second kappa shape index (κ2) is 9.58. The molecule has 7 heteroatoms. The van der Waals surface area contributed by atoms with Crippen molar-refractivity contribution in [3.8, 4) is 0 Å². The van der Waals surface area contributed by atoms with Crippen LogP contribution in [0.1, 0.15) is 22.3 Å². The summed E-state index contributed by atoms with van der Waals surface area (Å²) in [6.07, 6.45) is 1.58. The summed E-state index contributed by atoms with van der Waals surface area (Å²) >= 11 is 5.85. The van der Waals surface area contributed by atoms with Gasteiger partial charge in [0, 0.05) is 16.1 Å². The van der Waals surface area contributed by atoms with Gasteiger partial charge >= 0.3 is 5.97 Å². The summed E-state index contributed by atoms with van der Waals surface area (Å²) in [5.41, 5.74) is 3.19. The standard InChI is InChI=1S/C19H19ClN2O4/c1-13-5-4-6-16(18(22-25-3)19(23)24-2)17(13)12-26-21-11-14-7-9-15(20)10-8-14/h4-11H,12H2,1-3H3/b21-11+,22-18+. The molecule has 26 heavy (non-hydrogen) atoms. The maximum Gasteiger partial charge on any atom is 0.360 e. The molecule has 0 atom stereocenters. The third kappa shape index (κ3) is 5.07. The van der Waals surface area contributed by atoms with E-state index in [2.05, 4.69) is 10.3 Å². The van der Waals surface area contributed by atoms with E-state index in [0.29, 0.717) is 10.6 Å². The van der Waals surface area contributed by atoms with Crippen molar-refractivity contribution in [2.75, 3.05) is 14.2 Å². The quantitative estimate of drug-likeness (QED) is 0.420. The Morgan fingerprint density at radius 2 is 1.88 bits per heavy atom. The summed E-state index contributed by atoms with van der Waals surface area (Å²) in [5.74, 6) is -0.594. The van der Waals surface area contributed by atoms with Gasteiger partial charge in [-0.3, -0.25) is 0 Å². The number of nitrogens with zero attached hydrogens (tertiary/aromatic N) is 2. The number of methoxy groups -OCH3 is 1. The first-order valence-corrected chi connectivity index (χ1v) is 8.13. The lowest BCUT2D eigenvalue weighted by molar-refractivity contribution is -0.132. The summed E-state index contributed by atoms with van der Waals surface area (Å²) in [7, 11) is 2.65. The fraction of sp³-hybridized carbons (Fsp3) is 0.211. The van der Waals surface area contributed by atoms with Crippen LogP contribution < -0.4 is 0 Å². The van der Waals surface area contributed by atoms with Gasteiger partial charge in [0.05, 0.1) is 13.3 Å². The Kier molecular flexibility index (Phi) is 7.17. The van der Waals surface area contributed by atoms with E-state index in [1.165, 1.54) is 14.2 Å². The summed E-state index contributed by atoms with van der Waals surface area (Å²) in [6, 6.07) is 12.7. The Labute approximate surface area is 157 Å². The van der Waals surface area contributed by atoms with Crippen molar-refractivity contribution in [2.24, 2.45) is 10.3 Å². The number of ether oxygens (including phenoxy) is 1. The molecule has 136 valence electrons. The van der Waals surface area contributed by atoms with E-state index in [-0.39, 0.29) is 12.3 Å². The van der Waals surface area contributed by atoms with Crippen LogP contribution in [0.25, 0.3) is 0 Å². The number of rotatable bonds is 7. The largest absolute Gasteiger partial charge is 0.464 e. The Bertz CT molecular complexity index is 817. The topological polar surface area (TPSA) is 69.5 Å². The summed E-state index contributed by atoms with van der Waals surface area (Å²) < 4.78 is 4.78. The monoisotopic (exact) mass is 374 g/mol. The van der Waals surface area contributed by atoms with Crippen LogP contribution >= 0.6 is 11.6 Å². The van der Waals surface area contributed by atoms with Crippen molar-refractivity contribution in [1.82, 2.24) is 0 Å². The zero-order valence-electron chi connectivity index (χ0n) is 14.7. The highest BCUT2D eigenvalue weighted by atomic mass is 35.5. The smallest absolute Gasteiger partial charge is 0.360 e. The van der Waals surface area contributed by atoms with Crippen LogP contribution in [0.2, 0.25) is 5.02 Å². The van der Waals surface area contributed by atoms with Gasteiger partial charge in [-0.2, -0.15) is 0 Å². The fourth-order valence-corrected chi connectivity index (χ4v) is 2.37. The molecule has 2 aromatic rings. The maximum absolute atomic E-state index is 12.0. The third-order valence-corrected chi connectivity index (χ3v) is 3.83. The minimum absolute atomic E-state index is 0.0685. The molecular formula is C19H19ClN2O4. The molecule has 0 radical (unpaired) electrons. The first-order valence-electron chi connectivity index (χ1n) is 7.76. The number of halogens is 1. The van der Waals surface area contributed by atoms with Crippen LogP contribution in [0.3, 0.4) is 0 Å². The van der Waals surface area contributed by atoms with Crippen LogP contribution in [0.15, 0.2) is 52.8 Å². The molecule has 0 fully saturated rings. The summed E-state index contributed by atoms with van der Waals surface area (Å²) in [5, 5.41) is 8.40. The molecule has 0 spiro atoms. The Balaban J connectivity index is 2.19. The number of benzene rings is 2. The van der Waals surface area contributed by atoms with E-state index in [1.807, 2.05) is 31.2 Å². The minimum Gasteiger partial charge on any atom is -0.464 e. The van der Waals surface area contributed by atoms with Crippen LogP contribution in [0, 0.1) is 6.92 Å². The number of hydrogen-bond donors (Lipinski definition) is 0. The zero-order valence-corrected chi connectivity index (χ0v) is 15.5. The first kappa shape index (κ1) is 19.5. The van der Waals surface area contributed by atoms with Gasteiger partial charge in [-0.1, -0.05) is 52.2 Å². The van der Waals surface area contributed by atoms with E-state index in [1.54, 1.807) is 24.4 Å². The molecule has 6 nitrogen and oxygen atoms in total. The number of hydrogen-bond acceptors (Lipinski definition) is 6. The second-order valence-electron chi connectivity index (χ2n) is 5.27. The number of carbonyl (C=O) groups is 1. The molecule has 0 aliphatic rings. The van der Waals surface area contributed by atoms with Crippen LogP contribution in [0.4, 0.5) is 0 Å². The highest BCUT2D eigenvalue weighted by molar-refractivity contribution is 6.43. The highest BCUT2D eigenvalue weighted by Crippen LogP contribution is 2.18. The minimum atomic E-state index is -0.594. The second-order valence-corrected chi connectivity index (χ2v) is 5.71. The molecule has 0 heterocycles. The van der Waals surface area contributed by atoms with E-state index >= 15 is 0 Å². The molecule has 0 aliphatic heterocycles. The van der Waals surface area contributed by atoms with Crippen molar-refractivity contribution in [2.45, 2.75) is 13.5 Å². The van der Waals surface area contributed by atoms with Crippen molar-refractivity contribution < 1.29 is 19.2 Å². The van der Waals surface area contributed by atoms with E-state index in [9.17, 15) is 4.79 Å². The lowest BCUT2D eigenvalue weighted by atomic mass is 9.99. The van der Waals surface area contributed by atoms with Crippen molar-refractivity contribution in [1.29, 1.82) is 0 Å². The molecule has 0 saturated carbocycles. The van der Waals surface area contributed by atoms with E-state index in [0.717, 1.165) is 16.7 Å². The molecular weight excluding hydrogens is 356 g/mol. The van der Waals surface area contributed by atoms with E-state index in [4.69, 9.17) is 26.0 Å². The normalized spacial score (nSPS) is 11.5.